The fourth-order valence-electron chi connectivity index (χ4n) is 3.57. The molecule has 0 amide bonds. The predicted octanol–water partition coefficient (Wildman–Crippen LogP) is 4.32. The van der Waals surface area contributed by atoms with E-state index in [-0.39, 0.29) is 6.10 Å². The van der Waals surface area contributed by atoms with Gasteiger partial charge in [0.05, 0.1) is 6.10 Å². The maximum atomic E-state index is 10.8. The summed E-state index contributed by atoms with van der Waals surface area (Å²) < 4.78 is 0. The van der Waals surface area contributed by atoms with Gasteiger partial charge in [-0.1, -0.05) is 44.9 Å². The summed E-state index contributed by atoms with van der Waals surface area (Å²) in [5.41, 5.74) is 0. The maximum Gasteiger partial charge on any atom is 0.129 e. The number of Topliss-reactive ketones (excluding diaryl/α,β-unsaturated/α-hetero) is 1. The molecule has 0 unspecified atom stereocenters. The van der Waals surface area contributed by atoms with Crippen LogP contribution in [0, 0.1) is 0 Å². The fraction of sp³-hybridized carbons (Fsp3) is 0.947. The zero-order valence-corrected chi connectivity index (χ0v) is 15.0. The Morgan fingerprint density at radius 1 is 1.00 bits per heavy atom. The van der Waals surface area contributed by atoms with E-state index < -0.39 is 0 Å². The molecular formula is C19H37NO2. The molecule has 1 N–H and O–H groups in total. The van der Waals surface area contributed by atoms with Gasteiger partial charge in [0.2, 0.25) is 0 Å². The number of unbranched alkanes of at least 4 members (excludes halogenated alkanes) is 7. The number of hydrogen-bond donors (Lipinski definition) is 1. The molecule has 0 aliphatic carbocycles. The minimum atomic E-state index is -0.135. The highest BCUT2D eigenvalue weighted by molar-refractivity contribution is 5.75. The lowest BCUT2D eigenvalue weighted by Crippen LogP contribution is -2.49. The molecule has 130 valence electrons. The molecule has 1 rings (SSSR count). The SMILES string of the molecule is CC(=O)CCCCCCCCCC[C@@H]1CC[C@@H](O)[C@@H](C)N1C. The Morgan fingerprint density at radius 3 is 2.14 bits per heavy atom. The Labute approximate surface area is 137 Å². The Kier molecular flexibility index (Phi) is 9.98. The summed E-state index contributed by atoms with van der Waals surface area (Å²) in [6.45, 7) is 3.83. The molecule has 3 heteroatoms. The number of likely N-dealkylation sites (tertiary alicyclic amines) is 1. The molecule has 22 heavy (non-hydrogen) atoms. The van der Waals surface area contributed by atoms with Gasteiger partial charge in [-0.3, -0.25) is 4.90 Å². The van der Waals surface area contributed by atoms with E-state index in [9.17, 15) is 9.90 Å². The van der Waals surface area contributed by atoms with Crippen LogP contribution in [0.5, 0.6) is 0 Å². The molecule has 0 aromatic rings. The third kappa shape index (κ3) is 7.73. The molecule has 1 fully saturated rings. The van der Waals surface area contributed by atoms with Gasteiger partial charge in [-0.25, -0.2) is 0 Å². The van der Waals surface area contributed by atoms with Crippen LogP contribution in [-0.4, -0.2) is 41.0 Å². The molecule has 0 spiro atoms. The zero-order valence-electron chi connectivity index (χ0n) is 15.0. The van der Waals surface area contributed by atoms with Gasteiger partial charge >= 0.3 is 0 Å². The minimum Gasteiger partial charge on any atom is -0.392 e. The fourth-order valence-corrected chi connectivity index (χ4v) is 3.57. The lowest BCUT2D eigenvalue weighted by atomic mass is 9.91. The van der Waals surface area contributed by atoms with Crippen LogP contribution in [0.3, 0.4) is 0 Å². The van der Waals surface area contributed by atoms with Crippen molar-refractivity contribution in [2.45, 2.75) is 109 Å². The van der Waals surface area contributed by atoms with E-state index in [4.69, 9.17) is 0 Å². The van der Waals surface area contributed by atoms with Crippen molar-refractivity contribution >= 4 is 5.78 Å². The van der Waals surface area contributed by atoms with Crippen LogP contribution in [-0.2, 0) is 4.79 Å². The highest BCUT2D eigenvalue weighted by Gasteiger charge is 2.30. The largest absolute Gasteiger partial charge is 0.392 e. The van der Waals surface area contributed by atoms with Crippen LogP contribution in [0.25, 0.3) is 0 Å². The van der Waals surface area contributed by atoms with E-state index in [1.807, 2.05) is 0 Å². The number of aliphatic hydroxyl groups excluding tert-OH is 1. The first-order valence-corrected chi connectivity index (χ1v) is 9.41. The molecule has 3 nitrogen and oxygen atoms in total. The summed E-state index contributed by atoms with van der Waals surface area (Å²) in [7, 11) is 2.17. The Balaban J connectivity index is 1.92. The second-order valence-corrected chi connectivity index (χ2v) is 7.27. The van der Waals surface area contributed by atoms with Crippen molar-refractivity contribution < 1.29 is 9.90 Å². The van der Waals surface area contributed by atoms with Gasteiger partial charge in [0.25, 0.3) is 0 Å². The molecule has 0 aromatic carbocycles. The van der Waals surface area contributed by atoms with Crippen LogP contribution in [0.15, 0.2) is 0 Å². The van der Waals surface area contributed by atoms with E-state index in [2.05, 4.69) is 18.9 Å². The highest BCUT2D eigenvalue weighted by Crippen LogP contribution is 2.25. The van der Waals surface area contributed by atoms with E-state index in [0.29, 0.717) is 17.9 Å². The number of carbonyl (C=O) groups is 1. The molecule has 1 aliphatic rings. The summed E-state index contributed by atoms with van der Waals surface area (Å²) >= 11 is 0. The van der Waals surface area contributed by atoms with Crippen molar-refractivity contribution in [1.29, 1.82) is 0 Å². The van der Waals surface area contributed by atoms with Gasteiger partial charge in [0.15, 0.2) is 0 Å². The van der Waals surface area contributed by atoms with Crippen molar-refractivity contribution in [3.8, 4) is 0 Å². The van der Waals surface area contributed by atoms with Gasteiger partial charge in [-0.15, -0.1) is 0 Å². The molecule has 0 radical (unpaired) electrons. The van der Waals surface area contributed by atoms with E-state index >= 15 is 0 Å². The quantitative estimate of drug-likeness (QED) is 0.578. The molecule has 0 saturated carbocycles. The Hall–Kier alpha value is -0.410. The number of piperidine rings is 1. The molecule has 1 heterocycles. The smallest absolute Gasteiger partial charge is 0.129 e. The first kappa shape index (κ1) is 19.6. The predicted molar refractivity (Wildman–Crippen MR) is 93.1 cm³/mol. The first-order chi connectivity index (χ1) is 10.5. The molecular weight excluding hydrogens is 274 g/mol. The molecule has 3 atom stereocenters. The van der Waals surface area contributed by atoms with Crippen molar-refractivity contribution in [2.24, 2.45) is 0 Å². The molecule has 0 bridgehead atoms. The molecule has 1 aliphatic heterocycles. The zero-order chi connectivity index (χ0) is 16.4. The van der Waals surface area contributed by atoms with Crippen molar-refractivity contribution in [1.82, 2.24) is 4.90 Å². The average molecular weight is 312 g/mol. The van der Waals surface area contributed by atoms with Crippen LogP contribution in [0.1, 0.15) is 90.9 Å². The summed E-state index contributed by atoms with van der Waals surface area (Å²) in [5.74, 6) is 0.328. The monoisotopic (exact) mass is 311 g/mol. The van der Waals surface area contributed by atoms with Gasteiger partial charge < -0.3 is 9.90 Å². The van der Waals surface area contributed by atoms with E-state index in [1.165, 1.54) is 51.4 Å². The van der Waals surface area contributed by atoms with E-state index in [1.54, 1.807) is 6.92 Å². The van der Waals surface area contributed by atoms with E-state index in [0.717, 1.165) is 25.7 Å². The van der Waals surface area contributed by atoms with Gasteiger partial charge in [0.1, 0.15) is 5.78 Å². The normalized spacial score (nSPS) is 26.3. The van der Waals surface area contributed by atoms with Crippen LogP contribution < -0.4 is 0 Å². The lowest BCUT2D eigenvalue weighted by molar-refractivity contribution is -0.117. The third-order valence-corrected chi connectivity index (χ3v) is 5.39. The standard InChI is InChI=1S/C19H37NO2/c1-16(21)12-10-8-6-4-5-7-9-11-13-18-14-15-19(22)17(2)20(18)3/h17-19,22H,4-15H2,1-3H3/t17-,18-,19-/m1/s1. The summed E-state index contributed by atoms with van der Waals surface area (Å²) in [6.07, 6.45) is 14.3. The van der Waals surface area contributed by atoms with Crippen molar-refractivity contribution in [3.05, 3.63) is 0 Å². The van der Waals surface area contributed by atoms with Gasteiger partial charge in [-0.05, 0) is 46.6 Å². The molecule has 1 saturated heterocycles. The Bertz CT molecular complexity index is 306. The summed E-state index contributed by atoms with van der Waals surface area (Å²) in [5, 5.41) is 9.87. The Morgan fingerprint density at radius 2 is 1.55 bits per heavy atom. The van der Waals surface area contributed by atoms with Crippen LogP contribution >= 0.6 is 0 Å². The first-order valence-electron chi connectivity index (χ1n) is 9.41. The second-order valence-electron chi connectivity index (χ2n) is 7.27. The maximum absolute atomic E-state index is 10.8. The number of ketones is 1. The highest BCUT2D eigenvalue weighted by atomic mass is 16.3. The second kappa shape index (κ2) is 11.2. The summed E-state index contributed by atoms with van der Waals surface area (Å²) in [4.78, 5) is 13.2. The molecule has 0 aromatic heterocycles. The topological polar surface area (TPSA) is 40.5 Å². The van der Waals surface area contributed by atoms with Gasteiger partial charge in [-0.2, -0.15) is 0 Å². The summed E-state index contributed by atoms with van der Waals surface area (Å²) in [6, 6.07) is 0.985. The van der Waals surface area contributed by atoms with Crippen molar-refractivity contribution in [3.63, 3.8) is 0 Å². The van der Waals surface area contributed by atoms with Gasteiger partial charge in [0, 0.05) is 18.5 Å². The number of hydrogen-bond acceptors (Lipinski definition) is 3. The number of nitrogens with zero attached hydrogens (tertiary/aromatic N) is 1. The number of rotatable bonds is 11. The lowest BCUT2D eigenvalue weighted by Gasteiger charge is -2.41. The number of aliphatic hydroxyl groups is 1. The van der Waals surface area contributed by atoms with Crippen LogP contribution in [0.2, 0.25) is 0 Å². The number of carbonyl (C=O) groups excluding carboxylic acids is 1. The number of likely N-dealkylation sites (N-methyl/N-ethyl adjacent to an activating group) is 1. The third-order valence-electron chi connectivity index (χ3n) is 5.39. The van der Waals surface area contributed by atoms with Crippen LogP contribution in [0.4, 0.5) is 0 Å². The average Bonchev–Trinajstić information content (AvgIpc) is 2.48. The minimum absolute atomic E-state index is 0.135. The van der Waals surface area contributed by atoms with Crippen molar-refractivity contribution in [2.75, 3.05) is 7.05 Å².